The lowest BCUT2D eigenvalue weighted by Crippen LogP contribution is -2.36. The van der Waals surface area contributed by atoms with Crippen molar-refractivity contribution >= 4 is 40.5 Å². The Morgan fingerprint density at radius 3 is 2.64 bits per heavy atom. The van der Waals surface area contributed by atoms with E-state index in [-0.39, 0.29) is 11.8 Å². The van der Waals surface area contributed by atoms with E-state index in [4.69, 9.17) is 16.2 Å². The molecule has 0 bridgehead atoms. The molecule has 4 aromatic rings. The quantitative estimate of drug-likeness (QED) is 0.132. The van der Waals surface area contributed by atoms with E-state index in [0.717, 1.165) is 16.7 Å². The van der Waals surface area contributed by atoms with Crippen LogP contribution in [0.5, 0.6) is 0 Å². The van der Waals surface area contributed by atoms with Gasteiger partial charge in [0.2, 0.25) is 0 Å². The fourth-order valence-corrected chi connectivity index (χ4v) is 5.29. The summed E-state index contributed by atoms with van der Waals surface area (Å²) in [5, 5.41) is 26.7. The van der Waals surface area contributed by atoms with Gasteiger partial charge in [-0.25, -0.2) is 19.7 Å². The van der Waals surface area contributed by atoms with Crippen molar-refractivity contribution in [2.45, 2.75) is 31.1 Å². The fraction of sp³-hybridized carbons (Fsp3) is 0.308. The number of benzene rings is 2. The van der Waals surface area contributed by atoms with Gasteiger partial charge < -0.3 is 37.1 Å². The van der Waals surface area contributed by atoms with E-state index in [2.05, 4.69) is 25.6 Å². The molecule has 5 rings (SSSR count). The molecule has 204 valence electrons. The number of nitrogens with one attached hydrogen (secondary N) is 2. The monoisotopic (exact) mass is 550 g/mol. The Morgan fingerprint density at radius 2 is 1.85 bits per heavy atom. The summed E-state index contributed by atoms with van der Waals surface area (Å²) in [4.78, 5) is 24.5. The molecule has 0 spiro atoms. The van der Waals surface area contributed by atoms with E-state index in [0.29, 0.717) is 41.4 Å². The third kappa shape index (κ3) is 6.06. The molecule has 39 heavy (non-hydrogen) atoms. The number of urea groups is 1. The molecule has 13 heteroatoms. The summed E-state index contributed by atoms with van der Waals surface area (Å²) >= 11 is 1.50. The van der Waals surface area contributed by atoms with Gasteiger partial charge in [-0.3, -0.25) is 4.57 Å². The van der Waals surface area contributed by atoms with Crippen LogP contribution in [0.25, 0.3) is 22.3 Å². The predicted octanol–water partition coefficient (Wildman–Crippen LogP) is 1.51. The van der Waals surface area contributed by atoms with Crippen LogP contribution in [0.15, 0.2) is 61.2 Å². The Hall–Kier alpha value is -3.91. The van der Waals surface area contributed by atoms with Gasteiger partial charge in [-0.15, -0.1) is 0 Å². The van der Waals surface area contributed by atoms with E-state index < -0.39 is 24.5 Å². The van der Waals surface area contributed by atoms with Crippen LogP contribution in [0.4, 0.5) is 16.3 Å². The molecule has 0 aliphatic carbocycles. The predicted molar refractivity (Wildman–Crippen MR) is 150 cm³/mol. The van der Waals surface area contributed by atoms with Gasteiger partial charge >= 0.3 is 6.03 Å². The molecule has 12 nitrogen and oxygen atoms in total. The number of carbonyl (C=O) groups is 1. The number of hydrogen-bond acceptors (Lipinski definition) is 10. The Kier molecular flexibility index (Phi) is 8.12. The minimum Gasteiger partial charge on any atom is -0.399 e. The molecule has 3 heterocycles. The number of fused-ring (bicyclic) bond motifs is 1. The molecule has 2 aromatic heterocycles. The number of hydrogen-bond donors (Lipinski definition) is 6. The summed E-state index contributed by atoms with van der Waals surface area (Å²) in [6.45, 7) is 0.832. The fourth-order valence-electron chi connectivity index (χ4n) is 4.37. The van der Waals surface area contributed by atoms with Crippen LogP contribution in [0, 0.1) is 0 Å². The number of aromatic nitrogens is 4. The largest absolute Gasteiger partial charge is 0.399 e. The maximum absolute atomic E-state index is 12.2. The molecule has 1 saturated heterocycles. The molecule has 0 unspecified atom stereocenters. The molecule has 1 fully saturated rings. The van der Waals surface area contributed by atoms with E-state index in [1.54, 1.807) is 4.57 Å². The Morgan fingerprint density at radius 1 is 1.03 bits per heavy atom. The number of anilines is 2. The van der Waals surface area contributed by atoms with E-state index in [1.165, 1.54) is 24.4 Å². The number of aliphatic hydroxyl groups is 2. The summed E-state index contributed by atoms with van der Waals surface area (Å²) < 4.78 is 7.48. The SMILES string of the molecule is Nc1cccc(-c2ccc(CNC(=O)NCCSC[C@H]3O[C@@H](n4cnc5c(N)ncnc54)[C@H](O)[C@@H]3O)cc2)c1. The molecule has 8 N–H and O–H groups in total. The van der Waals surface area contributed by atoms with Gasteiger partial charge in [-0.1, -0.05) is 36.4 Å². The molecule has 2 amide bonds. The van der Waals surface area contributed by atoms with Gasteiger partial charge in [-0.2, -0.15) is 11.8 Å². The zero-order valence-corrected chi connectivity index (χ0v) is 21.8. The van der Waals surface area contributed by atoms with Crippen molar-refractivity contribution in [1.82, 2.24) is 30.2 Å². The number of thioether (sulfide) groups is 1. The Balaban J connectivity index is 1.02. The summed E-state index contributed by atoms with van der Waals surface area (Å²) in [5.74, 6) is 1.26. The average molecular weight is 551 g/mol. The van der Waals surface area contributed by atoms with Crippen molar-refractivity contribution < 1.29 is 19.7 Å². The molecule has 1 aliphatic heterocycles. The molecular weight excluding hydrogens is 520 g/mol. The van der Waals surface area contributed by atoms with Crippen LogP contribution in [0.1, 0.15) is 11.8 Å². The number of rotatable bonds is 9. The summed E-state index contributed by atoms with van der Waals surface area (Å²) in [7, 11) is 0. The van der Waals surface area contributed by atoms with Crippen LogP contribution in [0.3, 0.4) is 0 Å². The van der Waals surface area contributed by atoms with Crippen molar-refractivity contribution in [2.24, 2.45) is 0 Å². The highest BCUT2D eigenvalue weighted by Crippen LogP contribution is 2.33. The highest BCUT2D eigenvalue weighted by Gasteiger charge is 2.44. The molecule has 2 aromatic carbocycles. The number of nitrogens with zero attached hydrogens (tertiary/aromatic N) is 4. The topological polar surface area (TPSA) is 186 Å². The Labute approximate surface area is 228 Å². The number of ether oxygens (including phenoxy) is 1. The van der Waals surface area contributed by atoms with Gasteiger partial charge in [0.1, 0.15) is 24.1 Å². The van der Waals surface area contributed by atoms with Gasteiger partial charge in [0, 0.05) is 30.3 Å². The van der Waals surface area contributed by atoms with E-state index in [1.807, 2.05) is 48.5 Å². The highest BCUT2D eigenvalue weighted by atomic mass is 32.2. The second kappa shape index (κ2) is 11.9. The molecule has 0 saturated carbocycles. The first kappa shape index (κ1) is 26.7. The molecular formula is C26H30N8O4S. The van der Waals surface area contributed by atoms with Gasteiger partial charge in [0.15, 0.2) is 17.7 Å². The van der Waals surface area contributed by atoms with Crippen molar-refractivity contribution in [3.05, 3.63) is 66.7 Å². The minimum absolute atomic E-state index is 0.224. The molecule has 4 atom stereocenters. The standard InChI is InChI=1S/C26H30N8O4S/c27-18-3-1-2-17(10-18)16-6-4-15(5-7-16)11-30-26(37)29-8-9-39-12-19-21(35)22(36)25(38-19)34-14-33-20-23(28)31-13-32-24(20)34/h1-7,10,13-14,19,21-22,25,35-36H,8-9,11-12,27H2,(H2,28,31,32)(H2,29,30,37)/t19-,21-,22-,25-/m1/s1. The van der Waals surface area contributed by atoms with Crippen LogP contribution in [0.2, 0.25) is 0 Å². The third-order valence-corrected chi connectivity index (χ3v) is 7.50. The lowest BCUT2D eigenvalue weighted by atomic mass is 10.0. The average Bonchev–Trinajstić information content (AvgIpc) is 3.49. The second-order valence-corrected chi connectivity index (χ2v) is 10.3. The Bertz CT molecular complexity index is 1430. The van der Waals surface area contributed by atoms with Gasteiger partial charge in [-0.05, 0) is 28.8 Å². The lowest BCUT2D eigenvalue weighted by molar-refractivity contribution is -0.0289. The maximum Gasteiger partial charge on any atom is 0.315 e. The van der Waals surface area contributed by atoms with Crippen LogP contribution in [-0.4, -0.2) is 72.1 Å². The van der Waals surface area contributed by atoms with Gasteiger partial charge in [0.25, 0.3) is 0 Å². The third-order valence-electron chi connectivity index (χ3n) is 6.44. The number of imidazole rings is 1. The first-order chi connectivity index (χ1) is 18.9. The number of nitrogens with two attached hydrogens (primary N) is 2. The van der Waals surface area contributed by atoms with Gasteiger partial charge in [0.05, 0.1) is 12.4 Å². The second-order valence-electron chi connectivity index (χ2n) is 9.14. The van der Waals surface area contributed by atoms with Crippen LogP contribution >= 0.6 is 11.8 Å². The van der Waals surface area contributed by atoms with E-state index in [9.17, 15) is 15.0 Å². The molecule has 0 radical (unpaired) electrons. The highest BCUT2D eigenvalue weighted by molar-refractivity contribution is 7.99. The number of carbonyl (C=O) groups excluding carboxylic acids is 1. The zero-order chi connectivity index (χ0) is 27.4. The van der Waals surface area contributed by atoms with Crippen molar-refractivity contribution in [3.8, 4) is 11.1 Å². The minimum atomic E-state index is -1.16. The van der Waals surface area contributed by atoms with Crippen molar-refractivity contribution in [2.75, 3.05) is 29.5 Å². The van der Waals surface area contributed by atoms with E-state index >= 15 is 0 Å². The van der Waals surface area contributed by atoms with Crippen LogP contribution in [-0.2, 0) is 11.3 Å². The number of aliphatic hydroxyl groups excluding tert-OH is 2. The van der Waals surface area contributed by atoms with Crippen molar-refractivity contribution in [3.63, 3.8) is 0 Å². The first-order valence-electron chi connectivity index (χ1n) is 12.4. The molecule has 1 aliphatic rings. The smallest absolute Gasteiger partial charge is 0.315 e. The zero-order valence-electron chi connectivity index (χ0n) is 21.0. The maximum atomic E-state index is 12.2. The normalized spacial score (nSPS) is 20.8. The van der Waals surface area contributed by atoms with Crippen molar-refractivity contribution in [1.29, 1.82) is 0 Å². The summed E-state index contributed by atoms with van der Waals surface area (Å²) in [6.07, 6.45) is -0.927. The first-order valence-corrected chi connectivity index (χ1v) is 13.5. The van der Waals surface area contributed by atoms with Crippen LogP contribution < -0.4 is 22.1 Å². The number of amides is 2. The number of nitrogen functional groups attached to an aromatic ring is 2. The summed E-state index contributed by atoms with van der Waals surface area (Å²) in [5.41, 5.74) is 16.3. The summed E-state index contributed by atoms with van der Waals surface area (Å²) in [6, 6.07) is 15.4. The lowest BCUT2D eigenvalue weighted by Gasteiger charge is -2.16.